The third-order valence-electron chi connectivity index (χ3n) is 3.79. The van der Waals surface area contributed by atoms with Crippen LogP contribution in [-0.2, 0) is 0 Å². The van der Waals surface area contributed by atoms with E-state index in [4.69, 9.17) is 16.0 Å². The van der Waals surface area contributed by atoms with Gasteiger partial charge in [0.2, 0.25) is 5.78 Å². The molecule has 2 nitrogen and oxygen atoms in total. The second kappa shape index (κ2) is 4.43. The molecule has 0 radical (unpaired) electrons. The molecule has 2 unspecified atom stereocenters. The van der Waals surface area contributed by atoms with E-state index in [0.717, 1.165) is 30.2 Å². The summed E-state index contributed by atoms with van der Waals surface area (Å²) in [5.41, 5.74) is 0.730. The van der Waals surface area contributed by atoms with Gasteiger partial charge in [-0.25, -0.2) is 0 Å². The Morgan fingerprint density at radius 2 is 2.17 bits per heavy atom. The Hall–Kier alpha value is -1.28. The zero-order valence-electron chi connectivity index (χ0n) is 10.3. The lowest BCUT2D eigenvalue weighted by atomic mass is 9.99. The quantitative estimate of drug-likeness (QED) is 0.734. The molecule has 3 rings (SSSR count). The van der Waals surface area contributed by atoms with Crippen molar-refractivity contribution in [3.63, 3.8) is 0 Å². The van der Waals surface area contributed by atoms with E-state index >= 15 is 0 Å². The molecule has 0 bridgehead atoms. The number of furan rings is 1. The molecule has 0 saturated heterocycles. The Labute approximate surface area is 111 Å². The van der Waals surface area contributed by atoms with Gasteiger partial charge >= 0.3 is 0 Å². The number of hydrogen-bond acceptors (Lipinski definition) is 2. The molecule has 1 fully saturated rings. The Morgan fingerprint density at radius 3 is 2.89 bits per heavy atom. The van der Waals surface area contributed by atoms with Gasteiger partial charge in [0.15, 0.2) is 5.76 Å². The molecule has 1 heterocycles. The van der Waals surface area contributed by atoms with Gasteiger partial charge in [-0.15, -0.1) is 0 Å². The number of fused-ring (bicyclic) bond motifs is 1. The van der Waals surface area contributed by atoms with Crippen molar-refractivity contribution >= 4 is 28.4 Å². The van der Waals surface area contributed by atoms with Gasteiger partial charge in [-0.1, -0.05) is 18.5 Å². The van der Waals surface area contributed by atoms with E-state index in [-0.39, 0.29) is 11.7 Å². The van der Waals surface area contributed by atoms with Gasteiger partial charge in [0.25, 0.3) is 0 Å². The molecule has 0 spiro atoms. The highest BCUT2D eigenvalue weighted by atomic mass is 35.5. The van der Waals surface area contributed by atoms with Crippen LogP contribution in [0.5, 0.6) is 0 Å². The summed E-state index contributed by atoms with van der Waals surface area (Å²) in [4.78, 5) is 12.3. The lowest BCUT2D eigenvalue weighted by Crippen LogP contribution is -2.10. The van der Waals surface area contributed by atoms with Gasteiger partial charge in [0.1, 0.15) is 5.58 Å². The van der Waals surface area contributed by atoms with Crippen molar-refractivity contribution in [2.75, 3.05) is 0 Å². The average Bonchev–Trinajstić information content (AvgIpc) is 2.93. The average molecular weight is 263 g/mol. The highest BCUT2D eigenvalue weighted by Crippen LogP contribution is 2.34. The largest absolute Gasteiger partial charge is 0.453 e. The van der Waals surface area contributed by atoms with Crippen LogP contribution in [0.15, 0.2) is 28.7 Å². The number of carbonyl (C=O) groups is 1. The summed E-state index contributed by atoms with van der Waals surface area (Å²) in [7, 11) is 0. The van der Waals surface area contributed by atoms with Gasteiger partial charge in [-0.3, -0.25) is 4.79 Å². The van der Waals surface area contributed by atoms with E-state index in [1.165, 1.54) is 0 Å². The van der Waals surface area contributed by atoms with E-state index in [9.17, 15) is 4.79 Å². The highest BCUT2D eigenvalue weighted by molar-refractivity contribution is 6.31. The molecule has 2 aromatic rings. The second-order valence-corrected chi connectivity index (χ2v) is 5.71. The van der Waals surface area contributed by atoms with Crippen LogP contribution in [0, 0.1) is 11.8 Å². The number of hydrogen-bond donors (Lipinski definition) is 0. The molecule has 1 saturated carbocycles. The van der Waals surface area contributed by atoms with Crippen LogP contribution in [0.2, 0.25) is 5.02 Å². The predicted octanol–water partition coefficient (Wildman–Crippen LogP) is 4.71. The van der Waals surface area contributed by atoms with Crippen LogP contribution in [0.4, 0.5) is 0 Å². The molecule has 1 aromatic heterocycles. The fraction of sp³-hybridized carbons (Fsp3) is 0.400. The molecule has 1 aromatic carbocycles. The minimum atomic E-state index is 0.135. The first-order valence-electron chi connectivity index (χ1n) is 6.37. The van der Waals surface area contributed by atoms with Crippen LogP contribution in [0.3, 0.4) is 0 Å². The van der Waals surface area contributed by atoms with Crippen molar-refractivity contribution in [1.29, 1.82) is 0 Å². The maximum Gasteiger partial charge on any atom is 0.201 e. The third-order valence-corrected chi connectivity index (χ3v) is 4.02. The van der Waals surface area contributed by atoms with Gasteiger partial charge < -0.3 is 4.42 Å². The standard InChI is InChI=1S/C15H15ClO2/c1-9-2-3-10(6-9)15(17)14-8-11-7-12(16)4-5-13(11)18-14/h4-5,7-10H,2-3,6H2,1H3. The molecule has 0 N–H and O–H groups in total. The topological polar surface area (TPSA) is 30.2 Å². The fourth-order valence-corrected chi connectivity index (χ4v) is 2.96. The number of ketones is 1. The molecule has 0 aliphatic heterocycles. The minimum absolute atomic E-state index is 0.135. The van der Waals surface area contributed by atoms with E-state index < -0.39 is 0 Å². The van der Waals surface area contributed by atoms with Crippen molar-refractivity contribution in [1.82, 2.24) is 0 Å². The molecule has 0 amide bonds. The molecule has 94 valence electrons. The van der Waals surface area contributed by atoms with E-state index in [2.05, 4.69) is 6.92 Å². The second-order valence-electron chi connectivity index (χ2n) is 5.27. The van der Waals surface area contributed by atoms with Crippen molar-refractivity contribution in [3.05, 3.63) is 35.0 Å². The number of carbonyl (C=O) groups excluding carboxylic acids is 1. The van der Waals surface area contributed by atoms with Gasteiger partial charge in [-0.2, -0.15) is 0 Å². The third kappa shape index (κ3) is 2.05. The Morgan fingerprint density at radius 1 is 1.33 bits per heavy atom. The van der Waals surface area contributed by atoms with Crippen LogP contribution in [0.1, 0.15) is 36.7 Å². The predicted molar refractivity (Wildman–Crippen MR) is 72.1 cm³/mol. The maximum atomic E-state index is 12.3. The first kappa shape index (κ1) is 11.8. The zero-order valence-corrected chi connectivity index (χ0v) is 11.0. The summed E-state index contributed by atoms with van der Waals surface area (Å²) in [5.74, 6) is 1.41. The van der Waals surface area contributed by atoms with E-state index in [1.807, 2.05) is 18.2 Å². The molecule has 1 aliphatic rings. The van der Waals surface area contributed by atoms with Gasteiger partial charge in [0, 0.05) is 16.3 Å². The van der Waals surface area contributed by atoms with Crippen LogP contribution < -0.4 is 0 Å². The summed E-state index contributed by atoms with van der Waals surface area (Å²) in [5, 5.41) is 1.56. The van der Waals surface area contributed by atoms with Crippen molar-refractivity contribution < 1.29 is 9.21 Å². The molecular weight excluding hydrogens is 248 g/mol. The molecular formula is C15H15ClO2. The summed E-state index contributed by atoms with van der Waals surface area (Å²) < 4.78 is 5.62. The maximum absolute atomic E-state index is 12.3. The monoisotopic (exact) mass is 262 g/mol. The SMILES string of the molecule is CC1CCC(C(=O)c2cc3cc(Cl)ccc3o2)C1. The Bertz CT molecular complexity index is 600. The molecule has 3 heteroatoms. The Kier molecular flexibility index (Phi) is 2.90. The van der Waals surface area contributed by atoms with Crippen LogP contribution in [0.25, 0.3) is 11.0 Å². The fourth-order valence-electron chi connectivity index (χ4n) is 2.78. The first-order valence-corrected chi connectivity index (χ1v) is 6.74. The molecule has 2 atom stereocenters. The van der Waals surface area contributed by atoms with E-state index in [1.54, 1.807) is 6.07 Å². The summed E-state index contributed by atoms with van der Waals surface area (Å²) in [6, 6.07) is 7.23. The Balaban J connectivity index is 1.92. The number of benzene rings is 1. The number of rotatable bonds is 2. The van der Waals surface area contributed by atoms with Gasteiger partial charge in [-0.05, 0) is 49.4 Å². The number of Topliss-reactive ketones (excluding diaryl/α,β-unsaturated/α-hetero) is 1. The lowest BCUT2D eigenvalue weighted by Gasteiger charge is -2.04. The van der Waals surface area contributed by atoms with E-state index in [0.29, 0.717) is 16.7 Å². The van der Waals surface area contributed by atoms with Crippen LogP contribution >= 0.6 is 11.6 Å². The normalized spacial score (nSPS) is 23.7. The van der Waals surface area contributed by atoms with Crippen molar-refractivity contribution in [2.24, 2.45) is 11.8 Å². The van der Waals surface area contributed by atoms with Gasteiger partial charge in [0.05, 0.1) is 0 Å². The minimum Gasteiger partial charge on any atom is -0.453 e. The van der Waals surface area contributed by atoms with Crippen molar-refractivity contribution in [2.45, 2.75) is 26.2 Å². The summed E-state index contributed by atoms with van der Waals surface area (Å²) in [6.45, 7) is 2.20. The number of halogens is 1. The van der Waals surface area contributed by atoms with Crippen molar-refractivity contribution in [3.8, 4) is 0 Å². The zero-order chi connectivity index (χ0) is 12.7. The lowest BCUT2D eigenvalue weighted by molar-refractivity contribution is 0.0894. The smallest absolute Gasteiger partial charge is 0.201 e. The molecule has 18 heavy (non-hydrogen) atoms. The first-order chi connectivity index (χ1) is 8.63. The summed E-state index contributed by atoms with van der Waals surface area (Å²) >= 11 is 5.93. The van der Waals surface area contributed by atoms with Crippen LogP contribution in [-0.4, -0.2) is 5.78 Å². The highest BCUT2D eigenvalue weighted by Gasteiger charge is 2.29. The summed E-state index contributed by atoms with van der Waals surface area (Å²) in [6.07, 6.45) is 3.11. The molecule has 1 aliphatic carbocycles.